The second kappa shape index (κ2) is 5.10. The van der Waals surface area contributed by atoms with E-state index in [2.05, 4.69) is 16.1 Å². The number of benzene rings is 1. The van der Waals surface area contributed by atoms with Gasteiger partial charge < -0.3 is 0 Å². The normalized spacial score (nSPS) is 10.8. The zero-order valence-corrected chi connectivity index (χ0v) is 12.1. The summed E-state index contributed by atoms with van der Waals surface area (Å²) < 4.78 is 1.90. The Hall–Kier alpha value is -2.13. The number of hydrogen-bond donors (Lipinski definition) is 0. The average molecular weight is 284 g/mol. The highest BCUT2D eigenvalue weighted by atomic mass is 35.5. The van der Waals surface area contributed by atoms with Crippen LogP contribution in [0.3, 0.4) is 0 Å². The van der Waals surface area contributed by atoms with Crippen LogP contribution in [0.2, 0.25) is 5.02 Å². The van der Waals surface area contributed by atoms with Crippen LogP contribution in [0, 0.1) is 6.92 Å². The topological polar surface area (TPSA) is 30.7 Å². The number of hydrogen-bond acceptors (Lipinski definition) is 2. The molecule has 0 radical (unpaired) electrons. The average Bonchev–Trinajstić information content (AvgIpc) is 2.75. The van der Waals surface area contributed by atoms with Crippen LogP contribution in [0.4, 0.5) is 0 Å². The molecule has 0 aliphatic rings. The summed E-state index contributed by atoms with van der Waals surface area (Å²) in [5.41, 5.74) is 5.35. The quantitative estimate of drug-likeness (QED) is 0.708. The number of rotatable bonds is 2. The van der Waals surface area contributed by atoms with E-state index < -0.39 is 0 Å². The fourth-order valence-corrected chi connectivity index (χ4v) is 2.58. The molecule has 0 aliphatic heterocycles. The molecular weight excluding hydrogens is 270 g/mol. The highest BCUT2D eigenvalue weighted by molar-refractivity contribution is 6.30. The lowest BCUT2D eigenvalue weighted by Gasteiger charge is -2.07. The Labute approximate surface area is 122 Å². The second-order valence-electron chi connectivity index (χ2n) is 4.68. The third-order valence-electron chi connectivity index (χ3n) is 3.29. The van der Waals surface area contributed by atoms with Gasteiger partial charge in [0, 0.05) is 41.2 Å². The van der Waals surface area contributed by atoms with E-state index in [9.17, 15) is 0 Å². The molecule has 2 heterocycles. The maximum absolute atomic E-state index is 5.97. The Morgan fingerprint density at radius 1 is 1.05 bits per heavy atom. The van der Waals surface area contributed by atoms with Crippen molar-refractivity contribution in [2.24, 2.45) is 7.05 Å². The van der Waals surface area contributed by atoms with Gasteiger partial charge in [-0.2, -0.15) is 5.10 Å². The van der Waals surface area contributed by atoms with Crippen LogP contribution in [0.15, 0.2) is 48.8 Å². The molecule has 0 bridgehead atoms. The predicted molar refractivity (Wildman–Crippen MR) is 81.6 cm³/mol. The molecule has 0 unspecified atom stereocenters. The van der Waals surface area contributed by atoms with Gasteiger partial charge >= 0.3 is 0 Å². The number of aryl methyl sites for hydroxylation is 2. The van der Waals surface area contributed by atoms with Crippen molar-refractivity contribution in [1.82, 2.24) is 14.8 Å². The van der Waals surface area contributed by atoms with E-state index >= 15 is 0 Å². The molecule has 100 valence electrons. The molecule has 3 rings (SSSR count). The molecule has 1 aromatic carbocycles. The van der Waals surface area contributed by atoms with Crippen LogP contribution in [-0.2, 0) is 7.05 Å². The van der Waals surface area contributed by atoms with Gasteiger partial charge in [0.2, 0.25) is 0 Å². The first-order valence-electron chi connectivity index (χ1n) is 6.37. The summed E-state index contributed by atoms with van der Waals surface area (Å²) in [5, 5.41) is 5.27. The number of nitrogens with zero attached hydrogens (tertiary/aromatic N) is 3. The lowest BCUT2D eigenvalue weighted by molar-refractivity contribution is 0.764. The largest absolute Gasteiger partial charge is 0.267 e. The summed E-state index contributed by atoms with van der Waals surface area (Å²) >= 11 is 5.97. The Morgan fingerprint density at radius 3 is 2.45 bits per heavy atom. The van der Waals surface area contributed by atoms with Crippen LogP contribution in [-0.4, -0.2) is 14.8 Å². The molecule has 4 heteroatoms. The van der Waals surface area contributed by atoms with E-state index in [0.29, 0.717) is 0 Å². The third-order valence-corrected chi connectivity index (χ3v) is 3.54. The summed E-state index contributed by atoms with van der Waals surface area (Å²) in [7, 11) is 1.96. The van der Waals surface area contributed by atoms with Crippen molar-refractivity contribution in [3.05, 3.63) is 59.5 Å². The SMILES string of the molecule is Cc1nn(C)c(-c2ccc(Cl)cc2)c1-c1cccnc1. The van der Waals surface area contributed by atoms with Gasteiger partial charge in [-0.3, -0.25) is 9.67 Å². The van der Waals surface area contributed by atoms with Gasteiger partial charge in [0.15, 0.2) is 0 Å². The summed E-state index contributed by atoms with van der Waals surface area (Å²) in [6.07, 6.45) is 3.64. The number of pyridine rings is 1. The van der Waals surface area contributed by atoms with E-state index in [1.54, 1.807) is 6.20 Å². The van der Waals surface area contributed by atoms with Crippen molar-refractivity contribution in [3.8, 4) is 22.4 Å². The first-order valence-corrected chi connectivity index (χ1v) is 6.74. The fraction of sp³-hybridized carbons (Fsp3) is 0.125. The molecule has 0 fully saturated rings. The minimum absolute atomic E-state index is 0.732. The first kappa shape index (κ1) is 12.9. The molecule has 0 saturated carbocycles. The van der Waals surface area contributed by atoms with Gasteiger partial charge in [-0.05, 0) is 25.1 Å². The molecule has 0 saturated heterocycles. The van der Waals surface area contributed by atoms with E-state index in [1.807, 2.05) is 55.2 Å². The van der Waals surface area contributed by atoms with Crippen molar-refractivity contribution in [2.45, 2.75) is 6.92 Å². The standard InChI is InChI=1S/C16H14ClN3/c1-11-15(13-4-3-9-18-10-13)16(20(2)19-11)12-5-7-14(17)8-6-12/h3-10H,1-2H3. The van der Waals surface area contributed by atoms with Gasteiger partial charge in [0.25, 0.3) is 0 Å². The summed E-state index contributed by atoms with van der Waals surface area (Å²) in [6, 6.07) is 11.8. The van der Waals surface area contributed by atoms with Gasteiger partial charge in [-0.25, -0.2) is 0 Å². The second-order valence-corrected chi connectivity index (χ2v) is 5.12. The molecule has 2 aromatic heterocycles. The summed E-state index contributed by atoms with van der Waals surface area (Å²) in [6.45, 7) is 2.02. The first-order chi connectivity index (χ1) is 9.66. The summed E-state index contributed by atoms with van der Waals surface area (Å²) in [4.78, 5) is 4.20. The predicted octanol–water partition coefficient (Wildman–Crippen LogP) is 4.11. The Kier molecular flexibility index (Phi) is 3.28. The smallest absolute Gasteiger partial charge is 0.0760 e. The van der Waals surface area contributed by atoms with Crippen molar-refractivity contribution in [2.75, 3.05) is 0 Å². The summed E-state index contributed by atoms with van der Waals surface area (Å²) in [5.74, 6) is 0. The van der Waals surface area contributed by atoms with Crippen LogP contribution >= 0.6 is 11.6 Å². The zero-order chi connectivity index (χ0) is 14.1. The molecule has 3 aromatic rings. The molecular formula is C16H14ClN3. The maximum Gasteiger partial charge on any atom is 0.0760 e. The zero-order valence-electron chi connectivity index (χ0n) is 11.3. The Balaban J connectivity index is 2.23. The fourth-order valence-electron chi connectivity index (χ4n) is 2.45. The third kappa shape index (κ3) is 2.21. The van der Waals surface area contributed by atoms with Gasteiger partial charge in [0.05, 0.1) is 11.4 Å². The van der Waals surface area contributed by atoms with Crippen molar-refractivity contribution in [1.29, 1.82) is 0 Å². The lowest BCUT2D eigenvalue weighted by Crippen LogP contribution is -1.94. The molecule has 0 atom stereocenters. The minimum atomic E-state index is 0.732. The van der Waals surface area contributed by atoms with E-state index in [0.717, 1.165) is 33.1 Å². The Morgan fingerprint density at radius 2 is 1.80 bits per heavy atom. The Bertz CT molecular complexity index is 730. The number of aromatic nitrogens is 3. The van der Waals surface area contributed by atoms with Crippen molar-refractivity contribution >= 4 is 11.6 Å². The van der Waals surface area contributed by atoms with Crippen LogP contribution in [0.25, 0.3) is 22.4 Å². The molecule has 0 aliphatic carbocycles. The van der Waals surface area contributed by atoms with Crippen LogP contribution < -0.4 is 0 Å². The van der Waals surface area contributed by atoms with E-state index in [1.165, 1.54) is 0 Å². The minimum Gasteiger partial charge on any atom is -0.267 e. The molecule has 3 nitrogen and oxygen atoms in total. The van der Waals surface area contributed by atoms with Crippen molar-refractivity contribution < 1.29 is 0 Å². The highest BCUT2D eigenvalue weighted by Gasteiger charge is 2.16. The van der Waals surface area contributed by atoms with Crippen molar-refractivity contribution in [3.63, 3.8) is 0 Å². The van der Waals surface area contributed by atoms with E-state index in [-0.39, 0.29) is 0 Å². The lowest BCUT2D eigenvalue weighted by atomic mass is 10.0. The highest BCUT2D eigenvalue weighted by Crippen LogP contribution is 2.34. The number of halogens is 1. The molecule has 0 N–H and O–H groups in total. The van der Waals surface area contributed by atoms with Gasteiger partial charge in [-0.15, -0.1) is 0 Å². The van der Waals surface area contributed by atoms with Gasteiger partial charge in [-0.1, -0.05) is 29.8 Å². The maximum atomic E-state index is 5.97. The van der Waals surface area contributed by atoms with E-state index in [4.69, 9.17) is 11.6 Å². The molecule has 0 spiro atoms. The monoisotopic (exact) mass is 283 g/mol. The van der Waals surface area contributed by atoms with Crippen LogP contribution in [0.1, 0.15) is 5.69 Å². The van der Waals surface area contributed by atoms with Crippen LogP contribution in [0.5, 0.6) is 0 Å². The van der Waals surface area contributed by atoms with Gasteiger partial charge in [0.1, 0.15) is 0 Å². The molecule has 20 heavy (non-hydrogen) atoms. The molecule has 0 amide bonds.